The lowest BCUT2D eigenvalue weighted by atomic mass is 9.46. The predicted molar refractivity (Wildman–Crippen MR) is 49.8 cm³/mol. The Morgan fingerprint density at radius 1 is 1.40 bits per heavy atom. The monoisotopic (exact) mass is 219 g/mol. The maximum atomic E-state index is 13.2. The van der Waals surface area contributed by atoms with Crippen LogP contribution in [-0.4, -0.2) is 23.2 Å². The first-order valence-electron chi connectivity index (χ1n) is 5.05. The second-order valence-corrected chi connectivity index (χ2v) is 5.44. The van der Waals surface area contributed by atoms with Crippen molar-refractivity contribution in [1.82, 2.24) is 5.32 Å². The highest BCUT2D eigenvalue weighted by Crippen LogP contribution is 2.67. The van der Waals surface area contributed by atoms with E-state index in [1.807, 2.05) is 0 Å². The van der Waals surface area contributed by atoms with Crippen molar-refractivity contribution in [3.63, 3.8) is 0 Å². The van der Waals surface area contributed by atoms with E-state index >= 15 is 0 Å². The van der Waals surface area contributed by atoms with Gasteiger partial charge >= 0.3 is 6.09 Å². The lowest BCUT2D eigenvalue weighted by molar-refractivity contribution is -0.304. The highest BCUT2D eigenvalue weighted by atomic mass is 19.3. The van der Waals surface area contributed by atoms with Crippen LogP contribution in [0.5, 0.6) is 0 Å². The van der Waals surface area contributed by atoms with Gasteiger partial charge in [-0.25, -0.2) is 13.6 Å². The highest BCUT2D eigenvalue weighted by molar-refractivity contribution is 5.70. The van der Waals surface area contributed by atoms with Crippen LogP contribution in [0.3, 0.4) is 0 Å². The summed E-state index contributed by atoms with van der Waals surface area (Å²) in [4.78, 5) is 11.3. The average Bonchev–Trinajstić information content (AvgIpc) is 1.94. The maximum absolute atomic E-state index is 13.2. The molecule has 0 saturated heterocycles. The van der Waals surface area contributed by atoms with Crippen LogP contribution in [-0.2, 0) is 4.74 Å². The van der Waals surface area contributed by atoms with E-state index in [0.717, 1.165) is 0 Å². The zero-order valence-electron chi connectivity index (χ0n) is 9.06. The van der Waals surface area contributed by atoms with E-state index in [4.69, 9.17) is 4.74 Å². The lowest BCUT2D eigenvalue weighted by Gasteiger charge is -2.66. The normalized spacial score (nSPS) is 36.2. The molecule has 3 aliphatic carbocycles. The van der Waals surface area contributed by atoms with Crippen LogP contribution < -0.4 is 5.32 Å². The molecule has 0 spiro atoms. The van der Waals surface area contributed by atoms with Crippen LogP contribution in [0.1, 0.15) is 33.6 Å². The Morgan fingerprint density at radius 2 is 1.93 bits per heavy atom. The van der Waals surface area contributed by atoms with Crippen molar-refractivity contribution in [2.24, 2.45) is 5.92 Å². The molecule has 0 aromatic heterocycles. The number of carbonyl (C=O) groups excluding carboxylic acids is 1. The second-order valence-electron chi connectivity index (χ2n) is 5.44. The number of alkyl carbamates (subject to hydrolysis) is 1. The topological polar surface area (TPSA) is 38.3 Å². The molecule has 0 radical (unpaired) electrons. The fourth-order valence-electron chi connectivity index (χ4n) is 2.12. The maximum Gasteiger partial charge on any atom is 0.408 e. The van der Waals surface area contributed by atoms with Gasteiger partial charge in [0.1, 0.15) is 11.1 Å². The molecule has 2 bridgehead atoms. The molecule has 0 atom stereocenters. The molecule has 3 nitrogen and oxygen atoms in total. The summed E-state index contributed by atoms with van der Waals surface area (Å²) in [5.74, 6) is -3.27. The summed E-state index contributed by atoms with van der Waals surface area (Å²) in [6.07, 6.45) is -0.00120. The number of hydrogen-bond donors (Lipinski definition) is 1. The van der Waals surface area contributed by atoms with Gasteiger partial charge < -0.3 is 10.1 Å². The van der Waals surface area contributed by atoms with Gasteiger partial charge in [-0.2, -0.15) is 0 Å². The van der Waals surface area contributed by atoms with Gasteiger partial charge in [0.2, 0.25) is 0 Å². The third-order valence-corrected chi connectivity index (χ3v) is 3.08. The molecule has 3 fully saturated rings. The van der Waals surface area contributed by atoms with Crippen molar-refractivity contribution in [2.45, 2.75) is 50.7 Å². The minimum Gasteiger partial charge on any atom is -0.444 e. The predicted octanol–water partition coefficient (Wildman–Crippen LogP) is 2.31. The summed E-state index contributed by atoms with van der Waals surface area (Å²) in [5.41, 5.74) is -1.96. The van der Waals surface area contributed by atoms with Crippen LogP contribution in [0.2, 0.25) is 0 Å². The Bertz CT molecular complexity index is 303. The first-order valence-corrected chi connectivity index (χ1v) is 5.05. The van der Waals surface area contributed by atoms with Gasteiger partial charge in [-0.05, 0) is 33.6 Å². The van der Waals surface area contributed by atoms with Crippen molar-refractivity contribution in [2.75, 3.05) is 0 Å². The summed E-state index contributed by atoms with van der Waals surface area (Å²) in [5, 5.41) is 2.29. The molecule has 0 aromatic rings. The molecule has 0 unspecified atom stereocenters. The quantitative estimate of drug-likeness (QED) is 0.735. The van der Waals surface area contributed by atoms with Gasteiger partial charge in [0, 0.05) is 5.92 Å². The first kappa shape index (κ1) is 10.6. The molecule has 86 valence electrons. The molecular formula is C10H15F2NO2. The minimum absolute atomic E-state index is 0.374. The number of halogens is 2. The Kier molecular flexibility index (Phi) is 1.86. The van der Waals surface area contributed by atoms with Crippen LogP contribution >= 0.6 is 0 Å². The standard InChI is InChI=1S/C10H15F2NO2/c1-8(2,3)15-7(14)13-9-4-6(5-9)10(9,11)12/h6H,4-5H2,1-3H3,(H,13,14). The van der Waals surface area contributed by atoms with Gasteiger partial charge in [-0.3, -0.25) is 0 Å². The smallest absolute Gasteiger partial charge is 0.408 e. The zero-order chi connectivity index (χ0) is 11.5. The van der Waals surface area contributed by atoms with Gasteiger partial charge in [0.05, 0.1) is 0 Å². The summed E-state index contributed by atoms with van der Waals surface area (Å²) < 4.78 is 31.3. The van der Waals surface area contributed by atoms with Gasteiger partial charge in [-0.1, -0.05) is 0 Å². The number of alkyl halides is 2. The van der Waals surface area contributed by atoms with Gasteiger partial charge in [-0.15, -0.1) is 0 Å². The number of hydrogen-bond acceptors (Lipinski definition) is 2. The summed E-state index contributed by atoms with van der Waals surface area (Å²) >= 11 is 0. The molecule has 1 amide bonds. The van der Waals surface area contributed by atoms with Crippen molar-refractivity contribution >= 4 is 6.09 Å². The largest absolute Gasteiger partial charge is 0.444 e. The van der Waals surface area contributed by atoms with Crippen molar-refractivity contribution in [3.05, 3.63) is 0 Å². The fraction of sp³-hybridized carbons (Fsp3) is 0.900. The lowest BCUT2D eigenvalue weighted by Crippen LogP contribution is -2.83. The van der Waals surface area contributed by atoms with E-state index in [0.29, 0.717) is 12.8 Å². The van der Waals surface area contributed by atoms with Crippen LogP contribution in [0.25, 0.3) is 0 Å². The molecule has 5 heteroatoms. The molecular weight excluding hydrogens is 204 g/mol. The van der Waals surface area contributed by atoms with Crippen LogP contribution in [0.4, 0.5) is 13.6 Å². The number of amides is 1. The van der Waals surface area contributed by atoms with E-state index < -0.39 is 29.1 Å². The van der Waals surface area contributed by atoms with Crippen molar-refractivity contribution < 1.29 is 18.3 Å². The van der Waals surface area contributed by atoms with Crippen molar-refractivity contribution in [1.29, 1.82) is 0 Å². The summed E-state index contributed by atoms with van der Waals surface area (Å²) in [6, 6.07) is 0. The second kappa shape index (κ2) is 2.62. The van der Waals surface area contributed by atoms with Crippen molar-refractivity contribution in [3.8, 4) is 0 Å². The fourth-order valence-corrected chi connectivity index (χ4v) is 2.12. The van der Waals surface area contributed by atoms with Crippen LogP contribution in [0, 0.1) is 5.92 Å². The third kappa shape index (κ3) is 1.40. The molecule has 1 N–H and O–H groups in total. The number of nitrogens with one attached hydrogen (secondary N) is 1. The molecule has 3 saturated carbocycles. The van der Waals surface area contributed by atoms with E-state index in [1.54, 1.807) is 20.8 Å². The number of ether oxygens (including phenoxy) is 1. The Labute approximate surface area is 87.2 Å². The van der Waals surface area contributed by atoms with E-state index in [1.165, 1.54) is 0 Å². The molecule has 3 rings (SSSR count). The molecule has 0 aromatic carbocycles. The Hall–Kier alpha value is -0.870. The number of rotatable bonds is 1. The Morgan fingerprint density at radius 3 is 2.20 bits per heavy atom. The molecule has 0 heterocycles. The summed E-state index contributed by atoms with van der Waals surface area (Å²) in [7, 11) is 0. The zero-order valence-corrected chi connectivity index (χ0v) is 9.06. The Balaban J connectivity index is 1.91. The molecule has 3 aliphatic rings. The first-order chi connectivity index (χ1) is 6.66. The molecule has 15 heavy (non-hydrogen) atoms. The third-order valence-electron chi connectivity index (χ3n) is 3.08. The molecule has 0 aliphatic heterocycles. The average molecular weight is 219 g/mol. The van der Waals surface area contributed by atoms with Gasteiger partial charge in [0.25, 0.3) is 5.92 Å². The number of carbonyl (C=O) groups is 1. The van der Waals surface area contributed by atoms with E-state index in [9.17, 15) is 13.6 Å². The van der Waals surface area contributed by atoms with Gasteiger partial charge in [0.15, 0.2) is 0 Å². The summed E-state index contributed by atoms with van der Waals surface area (Å²) in [6.45, 7) is 5.10. The van der Waals surface area contributed by atoms with E-state index in [2.05, 4.69) is 5.32 Å². The highest BCUT2D eigenvalue weighted by Gasteiger charge is 2.80. The van der Waals surface area contributed by atoms with E-state index in [-0.39, 0.29) is 0 Å². The SMILES string of the molecule is CC(C)(C)OC(=O)NC12CC(C1)C2(F)F. The minimum atomic E-state index is -2.73. The van der Waals surface area contributed by atoms with Crippen LogP contribution in [0.15, 0.2) is 0 Å².